The lowest BCUT2D eigenvalue weighted by Crippen LogP contribution is -2.49. The molecule has 0 aromatic heterocycles. The van der Waals surface area contributed by atoms with Crippen molar-refractivity contribution < 1.29 is 4.79 Å². The van der Waals surface area contributed by atoms with Crippen molar-refractivity contribution >= 4 is 11.9 Å². The van der Waals surface area contributed by atoms with E-state index in [1.54, 1.807) is 4.90 Å². The number of amidine groups is 1. The monoisotopic (exact) mass is 221 g/mol. The standard InChI is InChI=1S/C12H19N3O/c1-4-7-8-12(6-3)10(13)14-11(16)15(12)9-5-2/h2H,4,6-9H2,1,3H3,(H2,13,14,16). The first-order valence-corrected chi connectivity index (χ1v) is 5.73. The maximum atomic E-state index is 11.7. The summed E-state index contributed by atoms with van der Waals surface area (Å²) in [5.41, 5.74) is -0.501. The van der Waals surface area contributed by atoms with Gasteiger partial charge in [-0.3, -0.25) is 10.7 Å². The van der Waals surface area contributed by atoms with Crippen LogP contribution in [0, 0.1) is 17.8 Å². The second kappa shape index (κ2) is 5.02. The van der Waals surface area contributed by atoms with Gasteiger partial charge in [0, 0.05) is 0 Å². The minimum atomic E-state index is -0.501. The fourth-order valence-electron chi connectivity index (χ4n) is 2.21. The van der Waals surface area contributed by atoms with Gasteiger partial charge in [0.2, 0.25) is 0 Å². The van der Waals surface area contributed by atoms with Crippen molar-refractivity contribution in [1.29, 1.82) is 5.41 Å². The Labute approximate surface area is 96.9 Å². The third kappa shape index (κ3) is 1.90. The lowest BCUT2D eigenvalue weighted by Gasteiger charge is -2.34. The smallest absolute Gasteiger partial charge is 0.301 e. The molecule has 2 N–H and O–H groups in total. The molecule has 1 heterocycles. The normalized spacial score (nSPS) is 24.4. The summed E-state index contributed by atoms with van der Waals surface area (Å²) in [4.78, 5) is 13.3. The van der Waals surface area contributed by atoms with Crippen LogP contribution in [0.25, 0.3) is 0 Å². The molecule has 0 saturated carbocycles. The van der Waals surface area contributed by atoms with Gasteiger partial charge in [-0.15, -0.1) is 6.42 Å². The van der Waals surface area contributed by atoms with Gasteiger partial charge in [-0.25, -0.2) is 4.79 Å². The molecule has 1 unspecified atom stereocenters. The molecule has 88 valence electrons. The minimum Gasteiger partial charge on any atom is -0.301 e. The number of hydrogen-bond donors (Lipinski definition) is 2. The highest BCUT2D eigenvalue weighted by Gasteiger charge is 2.47. The highest BCUT2D eigenvalue weighted by atomic mass is 16.2. The van der Waals surface area contributed by atoms with E-state index in [4.69, 9.17) is 11.8 Å². The summed E-state index contributed by atoms with van der Waals surface area (Å²) in [5, 5.41) is 10.5. The van der Waals surface area contributed by atoms with Crippen LogP contribution in [0.5, 0.6) is 0 Å². The summed E-state index contributed by atoms with van der Waals surface area (Å²) >= 11 is 0. The Morgan fingerprint density at radius 3 is 2.75 bits per heavy atom. The number of unbranched alkanes of at least 4 members (excludes halogenated alkanes) is 1. The number of nitrogens with zero attached hydrogens (tertiary/aromatic N) is 1. The number of carbonyl (C=O) groups excluding carboxylic acids is 1. The van der Waals surface area contributed by atoms with Crippen molar-refractivity contribution in [3.05, 3.63) is 0 Å². The van der Waals surface area contributed by atoms with Crippen LogP contribution >= 0.6 is 0 Å². The molecule has 16 heavy (non-hydrogen) atoms. The van der Waals surface area contributed by atoms with Gasteiger partial charge in [-0.05, 0) is 12.8 Å². The zero-order valence-corrected chi connectivity index (χ0v) is 9.97. The molecule has 2 amide bonds. The van der Waals surface area contributed by atoms with E-state index in [9.17, 15) is 4.79 Å². The molecule has 1 aliphatic rings. The van der Waals surface area contributed by atoms with Gasteiger partial charge in [0.15, 0.2) is 0 Å². The summed E-state index contributed by atoms with van der Waals surface area (Å²) < 4.78 is 0. The van der Waals surface area contributed by atoms with Crippen molar-refractivity contribution in [3.8, 4) is 12.3 Å². The van der Waals surface area contributed by atoms with Gasteiger partial charge < -0.3 is 4.90 Å². The van der Waals surface area contributed by atoms with Crippen LogP contribution in [0.2, 0.25) is 0 Å². The van der Waals surface area contributed by atoms with Crippen LogP contribution in [-0.4, -0.2) is 28.9 Å². The average molecular weight is 221 g/mol. The molecule has 0 aromatic carbocycles. The number of rotatable bonds is 5. The van der Waals surface area contributed by atoms with Crippen molar-refractivity contribution in [2.75, 3.05) is 6.54 Å². The highest BCUT2D eigenvalue weighted by molar-refractivity contribution is 6.08. The Bertz CT molecular complexity index is 332. The molecular weight excluding hydrogens is 202 g/mol. The molecule has 1 atom stereocenters. The van der Waals surface area contributed by atoms with Crippen LogP contribution in [0.3, 0.4) is 0 Å². The third-order valence-electron chi connectivity index (χ3n) is 3.24. The van der Waals surface area contributed by atoms with Crippen LogP contribution < -0.4 is 5.32 Å². The zero-order valence-electron chi connectivity index (χ0n) is 9.97. The molecular formula is C12H19N3O. The summed E-state index contributed by atoms with van der Waals surface area (Å²) in [6.07, 6.45) is 8.85. The molecule has 1 aliphatic heterocycles. The minimum absolute atomic E-state index is 0.235. The largest absolute Gasteiger partial charge is 0.324 e. The van der Waals surface area contributed by atoms with Gasteiger partial charge in [-0.2, -0.15) is 0 Å². The molecule has 1 fully saturated rings. The van der Waals surface area contributed by atoms with Gasteiger partial charge in [-0.1, -0.05) is 32.6 Å². The molecule has 0 bridgehead atoms. The number of carbonyl (C=O) groups is 1. The Hall–Kier alpha value is -1.50. The Balaban J connectivity index is 2.97. The number of hydrogen-bond acceptors (Lipinski definition) is 2. The van der Waals surface area contributed by atoms with E-state index in [1.807, 2.05) is 6.92 Å². The number of terminal acetylenes is 1. The molecule has 4 nitrogen and oxygen atoms in total. The highest BCUT2D eigenvalue weighted by Crippen LogP contribution is 2.30. The lowest BCUT2D eigenvalue weighted by molar-refractivity contribution is 0.173. The molecule has 0 aliphatic carbocycles. The van der Waals surface area contributed by atoms with Gasteiger partial charge in [0.25, 0.3) is 0 Å². The predicted molar refractivity (Wildman–Crippen MR) is 64.3 cm³/mol. The first-order valence-electron chi connectivity index (χ1n) is 5.73. The Morgan fingerprint density at radius 1 is 1.56 bits per heavy atom. The van der Waals surface area contributed by atoms with Gasteiger partial charge in [0.1, 0.15) is 11.4 Å². The summed E-state index contributed by atoms with van der Waals surface area (Å²) in [6, 6.07) is -0.235. The average Bonchev–Trinajstić information content (AvgIpc) is 2.50. The first-order chi connectivity index (χ1) is 7.62. The lowest BCUT2D eigenvalue weighted by atomic mass is 9.88. The summed E-state index contributed by atoms with van der Waals surface area (Å²) in [7, 11) is 0. The van der Waals surface area contributed by atoms with Gasteiger partial charge >= 0.3 is 6.03 Å². The summed E-state index contributed by atoms with van der Waals surface area (Å²) in [6.45, 7) is 4.36. The molecule has 0 radical (unpaired) electrons. The van der Waals surface area contributed by atoms with Crippen LogP contribution in [0.1, 0.15) is 39.5 Å². The second-order valence-corrected chi connectivity index (χ2v) is 4.08. The van der Waals surface area contributed by atoms with E-state index in [2.05, 4.69) is 18.2 Å². The van der Waals surface area contributed by atoms with Crippen LogP contribution in [0.4, 0.5) is 4.79 Å². The quantitative estimate of drug-likeness (QED) is 0.685. The van der Waals surface area contributed by atoms with Crippen molar-refractivity contribution in [1.82, 2.24) is 10.2 Å². The number of amides is 2. The molecule has 4 heteroatoms. The molecule has 0 spiro atoms. The maximum absolute atomic E-state index is 11.7. The van der Waals surface area contributed by atoms with Crippen molar-refractivity contribution in [2.45, 2.75) is 45.1 Å². The molecule has 0 aromatic rings. The van der Waals surface area contributed by atoms with Crippen molar-refractivity contribution in [2.24, 2.45) is 0 Å². The summed E-state index contributed by atoms with van der Waals surface area (Å²) in [5.74, 6) is 2.79. The third-order valence-corrected chi connectivity index (χ3v) is 3.24. The molecule has 1 saturated heterocycles. The maximum Gasteiger partial charge on any atom is 0.324 e. The van der Waals surface area contributed by atoms with E-state index in [-0.39, 0.29) is 12.6 Å². The Morgan fingerprint density at radius 2 is 2.25 bits per heavy atom. The van der Waals surface area contributed by atoms with E-state index in [1.165, 1.54) is 0 Å². The van der Waals surface area contributed by atoms with E-state index >= 15 is 0 Å². The number of nitrogens with one attached hydrogen (secondary N) is 2. The second-order valence-electron chi connectivity index (χ2n) is 4.08. The SMILES string of the molecule is C#CCN1C(=O)NC(=N)C1(CC)CCCC. The van der Waals surface area contributed by atoms with Crippen LogP contribution in [0.15, 0.2) is 0 Å². The Kier molecular flexibility index (Phi) is 3.94. The van der Waals surface area contributed by atoms with Crippen LogP contribution in [-0.2, 0) is 0 Å². The van der Waals surface area contributed by atoms with E-state index < -0.39 is 5.54 Å². The molecule has 1 rings (SSSR count). The zero-order chi connectivity index (χ0) is 12.2. The topological polar surface area (TPSA) is 56.2 Å². The van der Waals surface area contributed by atoms with E-state index in [0.717, 1.165) is 25.7 Å². The fourth-order valence-corrected chi connectivity index (χ4v) is 2.21. The number of urea groups is 1. The fraction of sp³-hybridized carbons (Fsp3) is 0.667. The van der Waals surface area contributed by atoms with Crippen molar-refractivity contribution in [3.63, 3.8) is 0 Å². The van der Waals surface area contributed by atoms with E-state index in [0.29, 0.717) is 5.84 Å². The predicted octanol–water partition coefficient (Wildman–Crippen LogP) is 1.96. The first kappa shape index (κ1) is 12.6. The van der Waals surface area contributed by atoms with Gasteiger partial charge in [0.05, 0.1) is 6.54 Å².